The number of nitrogens with two attached hydrogens (primary N) is 1. The number of quaternary nitrogens is 1. The Labute approximate surface area is 105 Å². The molecule has 0 spiro atoms. The molecule has 0 aliphatic rings. The van der Waals surface area contributed by atoms with E-state index in [2.05, 4.69) is 41.4 Å². The minimum Gasteiger partial charge on any atom is -0.354 e. The summed E-state index contributed by atoms with van der Waals surface area (Å²) in [6.07, 6.45) is 4.85. The lowest BCUT2D eigenvalue weighted by molar-refractivity contribution is -0.496. The Morgan fingerprint density at radius 1 is 1.00 bits per heavy atom. The monoisotopic (exact) mass is 236 g/mol. The number of rotatable bonds is 3. The van der Waals surface area contributed by atoms with Crippen LogP contribution in [-0.2, 0) is 0 Å². The molecule has 0 aliphatic carbocycles. The molecule has 0 bridgehead atoms. The van der Waals surface area contributed by atoms with Crippen molar-refractivity contribution in [1.29, 1.82) is 5.41 Å². The number of fused-ring (bicyclic) bond motifs is 3. The number of hydrogen-bond acceptors (Lipinski definition) is 1. The zero-order valence-corrected chi connectivity index (χ0v) is 9.85. The second-order valence-corrected chi connectivity index (χ2v) is 4.19. The molecule has 0 radical (unpaired) electrons. The number of para-hydroxylation sites is 1. The third-order valence-corrected chi connectivity index (χ3v) is 3.03. The molecule has 1 aromatic heterocycles. The highest BCUT2D eigenvalue weighted by Gasteiger charge is 2.04. The number of nitrogens with one attached hydrogen (secondary N) is 2. The van der Waals surface area contributed by atoms with E-state index in [-0.39, 0.29) is 0 Å². The van der Waals surface area contributed by atoms with E-state index in [1.165, 1.54) is 22.5 Å². The molecule has 0 saturated heterocycles. The fourth-order valence-electron chi connectivity index (χ4n) is 2.20. The Bertz CT molecular complexity index is 738. The first kappa shape index (κ1) is 10.7. The van der Waals surface area contributed by atoms with Gasteiger partial charge >= 0.3 is 0 Å². The Balaban J connectivity index is 2.09. The highest BCUT2D eigenvalue weighted by atomic mass is 14.8. The van der Waals surface area contributed by atoms with Gasteiger partial charge in [-0.2, -0.15) is 0 Å². The van der Waals surface area contributed by atoms with Gasteiger partial charge < -0.3 is 10.4 Å². The average molecular weight is 236 g/mol. The lowest BCUT2D eigenvalue weighted by Gasteiger charge is -1.95. The van der Waals surface area contributed by atoms with Gasteiger partial charge in [-0.1, -0.05) is 18.2 Å². The lowest BCUT2D eigenvalue weighted by Crippen LogP contribution is -2.70. The van der Waals surface area contributed by atoms with Gasteiger partial charge in [0.25, 0.3) is 0 Å². The van der Waals surface area contributed by atoms with Crippen LogP contribution < -0.4 is 5.32 Å². The third-order valence-electron chi connectivity index (χ3n) is 3.03. The largest absolute Gasteiger partial charge is 0.354 e. The number of benzene rings is 2. The van der Waals surface area contributed by atoms with Crippen LogP contribution in [0.3, 0.4) is 0 Å². The predicted molar refractivity (Wildman–Crippen MR) is 75.3 cm³/mol. The SMILES string of the molecule is N=C/C=C\[NH2+]c1ccc2c(c1)[nH]c1ccccc12. The van der Waals surface area contributed by atoms with Crippen LogP contribution in [0, 0.1) is 5.41 Å². The number of aromatic nitrogens is 1. The summed E-state index contributed by atoms with van der Waals surface area (Å²) < 4.78 is 0. The summed E-state index contributed by atoms with van der Waals surface area (Å²) in [4.78, 5) is 3.42. The van der Waals surface area contributed by atoms with Crippen LogP contribution in [0.2, 0.25) is 0 Å². The predicted octanol–water partition coefficient (Wildman–Crippen LogP) is 2.68. The standard InChI is InChI=1S/C15H13N3/c16-8-3-9-17-11-6-7-13-12-4-1-2-5-14(12)18-15(13)10-11/h1-10,16-18H/p+1/b9-3-,16-8?. The molecule has 0 unspecified atom stereocenters. The summed E-state index contributed by atoms with van der Waals surface area (Å²) in [6.45, 7) is 0. The second kappa shape index (κ2) is 4.47. The van der Waals surface area contributed by atoms with Crippen molar-refractivity contribution in [1.82, 2.24) is 4.98 Å². The number of H-pyrrole nitrogens is 1. The van der Waals surface area contributed by atoms with E-state index in [9.17, 15) is 0 Å². The minimum absolute atomic E-state index is 1.13. The summed E-state index contributed by atoms with van der Waals surface area (Å²) in [5, 5.41) is 11.4. The van der Waals surface area contributed by atoms with Gasteiger partial charge in [0.05, 0.1) is 11.7 Å². The van der Waals surface area contributed by atoms with Gasteiger partial charge in [0.15, 0.2) is 0 Å². The van der Waals surface area contributed by atoms with Crippen molar-refractivity contribution in [3.63, 3.8) is 0 Å². The quantitative estimate of drug-likeness (QED) is 0.462. The van der Waals surface area contributed by atoms with Crippen molar-refractivity contribution in [3.8, 4) is 0 Å². The van der Waals surface area contributed by atoms with Gasteiger partial charge in [0.2, 0.25) is 0 Å². The molecule has 3 heteroatoms. The minimum atomic E-state index is 1.13. The smallest absolute Gasteiger partial charge is 0.136 e. The van der Waals surface area contributed by atoms with Crippen molar-refractivity contribution < 1.29 is 5.32 Å². The van der Waals surface area contributed by atoms with Gasteiger partial charge in [-0.05, 0) is 12.1 Å². The molecule has 0 fully saturated rings. The molecule has 3 aromatic rings. The number of hydrogen-bond donors (Lipinski definition) is 3. The van der Waals surface area contributed by atoms with Gasteiger partial charge in [-0.25, -0.2) is 0 Å². The highest BCUT2D eigenvalue weighted by Crippen LogP contribution is 2.25. The van der Waals surface area contributed by atoms with E-state index in [1.807, 2.05) is 17.6 Å². The molecule has 1 heterocycles. The average Bonchev–Trinajstić information content (AvgIpc) is 2.76. The lowest BCUT2D eigenvalue weighted by atomic mass is 10.1. The van der Waals surface area contributed by atoms with E-state index in [0.29, 0.717) is 0 Å². The van der Waals surface area contributed by atoms with Gasteiger partial charge in [0, 0.05) is 40.7 Å². The number of allylic oxidation sites excluding steroid dienone is 1. The van der Waals surface area contributed by atoms with Crippen molar-refractivity contribution in [2.75, 3.05) is 0 Å². The van der Waals surface area contributed by atoms with Crippen molar-refractivity contribution >= 4 is 33.7 Å². The molecule has 18 heavy (non-hydrogen) atoms. The van der Waals surface area contributed by atoms with Gasteiger partial charge in [0.1, 0.15) is 5.69 Å². The Morgan fingerprint density at radius 3 is 2.72 bits per heavy atom. The van der Waals surface area contributed by atoms with Crippen LogP contribution >= 0.6 is 0 Å². The molecule has 0 atom stereocenters. The fourth-order valence-corrected chi connectivity index (χ4v) is 2.20. The summed E-state index contributed by atoms with van der Waals surface area (Å²) in [5.41, 5.74) is 3.44. The van der Waals surface area contributed by atoms with Crippen LogP contribution in [0.15, 0.2) is 54.7 Å². The Morgan fingerprint density at radius 2 is 1.83 bits per heavy atom. The first-order valence-electron chi connectivity index (χ1n) is 5.89. The van der Waals surface area contributed by atoms with E-state index in [1.54, 1.807) is 6.08 Å². The maximum Gasteiger partial charge on any atom is 0.136 e. The van der Waals surface area contributed by atoms with Gasteiger partial charge in [-0.3, -0.25) is 5.32 Å². The molecule has 4 N–H and O–H groups in total. The maximum atomic E-state index is 6.93. The molecule has 0 aliphatic heterocycles. The first-order valence-corrected chi connectivity index (χ1v) is 5.89. The molecule has 0 saturated carbocycles. The Hall–Kier alpha value is -2.39. The maximum absolute atomic E-state index is 6.93. The first-order chi connectivity index (χ1) is 8.88. The van der Waals surface area contributed by atoms with E-state index < -0.39 is 0 Å². The molecule has 0 amide bonds. The topological polar surface area (TPSA) is 56.2 Å². The van der Waals surface area contributed by atoms with Crippen molar-refractivity contribution in [2.45, 2.75) is 0 Å². The van der Waals surface area contributed by atoms with Crippen LogP contribution in [-0.4, -0.2) is 11.2 Å². The summed E-state index contributed by atoms with van der Waals surface area (Å²) in [7, 11) is 0. The van der Waals surface area contributed by atoms with E-state index in [4.69, 9.17) is 5.41 Å². The van der Waals surface area contributed by atoms with Crippen molar-refractivity contribution in [3.05, 3.63) is 54.7 Å². The normalized spacial score (nSPS) is 11.6. The third kappa shape index (κ3) is 1.81. The molecule has 2 aromatic carbocycles. The molecular weight excluding hydrogens is 222 g/mol. The van der Waals surface area contributed by atoms with Crippen molar-refractivity contribution in [2.24, 2.45) is 0 Å². The molecule has 3 nitrogen and oxygen atoms in total. The van der Waals surface area contributed by atoms with E-state index in [0.717, 1.165) is 11.2 Å². The van der Waals surface area contributed by atoms with Crippen LogP contribution in [0.25, 0.3) is 21.8 Å². The highest BCUT2D eigenvalue weighted by molar-refractivity contribution is 6.07. The molecule has 3 rings (SSSR count). The summed E-state index contributed by atoms with van der Waals surface area (Å²) >= 11 is 0. The molecule has 88 valence electrons. The fraction of sp³-hybridized carbons (Fsp3) is 0. The van der Waals surface area contributed by atoms with Crippen LogP contribution in [0.4, 0.5) is 5.69 Å². The number of aromatic amines is 1. The van der Waals surface area contributed by atoms with Crippen LogP contribution in [0.5, 0.6) is 0 Å². The summed E-state index contributed by atoms with van der Waals surface area (Å²) in [5.74, 6) is 0. The van der Waals surface area contributed by atoms with Gasteiger partial charge in [-0.15, -0.1) is 0 Å². The zero-order valence-electron chi connectivity index (χ0n) is 9.85. The molecular formula is C15H14N3+. The zero-order chi connectivity index (χ0) is 12.4. The van der Waals surface area contributed by atoms with E-state index >= 15 is 0 Å². The Kier molecular flexibility index (Phi) is 2.67. The summed E-state index contributed by atoms with van der Waals surface area (Å²) in [6, 6.07) is 14.7. The van der Waals surface area contributed by atoms with Crippen LogP contribution in [0.1, 0.15) is 0 Å². The second-order valence-electron chi connectivity index (χ2n) is 4.19.